The van der Waals surface area contributed by atoms with Gasteiger partial charge >= 0.3 is 0 Å². The summed E-state index contributed by atoms with van der Waals surface area (Å²) < 4.78 is 39.7. The Morgan fingerprint density at radius 3 is 2.08 bits per heavy atom. The highest BCUT2D eigenvalue weighted by atomic mass is 32.2. The topological polar surface area (TPSA) is 59.1 Å². The SMILES string of the molecule is COc1ccc(OCC2CCN(S(=O)(=O)N3CCCCC3)CC2)cc1. The molecule has 0 radical (unpaired) electrons. The summed E-state index contributed by atoms with van der Waals surface area (Å²) in [6, 6.07) is 7.55. The largest absolute Gasteiger partial charge is 0.497 e. The van der Waals surface area contributed by atoms with Crippen LogP contribution in [0.2, 0.25) is 0 Å². The molecule has 2 heterocycles. The molecule has 1 aromatic carbocycles. The van der Waals surface area contributed by atoms with E-state index < -0.39 is 10.2 Å². The van der Waals surface area contributed by atoms with E-state index in [1.807, 2.05) is 24.3 Å². The summed E-state index contributed by atoms with van der Waals surface area (Å²) in [4.78, 5) is 0. The molecule has 2 saturated heterocycles. The monoisotopic (exact) mass is 368 g/mol. The standard InChI is InChI=1S/C18H28N2O4S/c1-23-17-5-7-18(8-6-17)24-15-16-9-13-20(14-10-16)25(21,22)19-11-3-2-4-12-19/h5-8,16H,2-4,9-15H2,1H3. The van der Waals surface area contributed by atoms with E-state index in [2.05, 4.69) is 0 Å². The molecule has 0 amide bonds. The summed E-state index contributed by atoms with van der Waals surface area (Å²) in [5, 5.41) is 0. The third-order valence-corrected chi connectivity index (χ3v) is 7.12. The van der Waals surface area contributed by atoms with Gasteiger partial charge in [-0.2, -0.15) is 17.0 Å². The minimum Gasteiger partial charge on any atom is -0.497 e. The van der Waals surface area contributed by atoms with Gasteiger partial charge in [0.05, 0.1) is 13.7 Å². The van der Waals surface area contributed by atoms with Crippen molar-refractivity contribution in [3.63, 3.8) is 0 Å². The molecule has 0 spiro atoms. The molecule has 0 N–H and O–H groups in total. The van der Waals surface area contributed by atoms with Crippen molar-refractivity contribution in [2.45, 2.75) is 32.1 Å². The van der Waals surface area contributed by atoms with Gasteiger partial charge in [-0.3, -0.25) is 0 Å². The van der Waals surface area contributed by atoms with Crippen molar-refractivity contribution in [3.05, 3.63) is 24.3 Å². The lowest BCUT2D eigenvalue weighted by Crippen LogP contribution is -2.49. The first-order chi connectivity index (χ1) is 12.1. The molecule has 0 aromatic heterocycles. The molecule has 140 valence electrons. The molecule has 25 heavy (non-hydrogen) atoms. The summed E-state index contributed by atoms with van der Waals surface area (Å²) in [7, 11) is -1.63. The second kappa shape index (κ2) is 8.38. The molecule has 0 unspecified atom stereocenters. The minimum absolute atomic E-state index is 0.398. The van der Waals surface area contributed by atoms with Crippen LogP contribution < -0.4 is 9.47 Å². The minimum atomic E-state index is -3.27. The summed E-state index contributed by atoms with van der Waals surface area (Å²) in [5.74, 6) is 2.03. The maximum absolute atomic E-state index is 12.7. The van der Waals surface area contributed by atoms with Crippen LogP contribution in [0.4, 0.5) is 0 Å². The molecule has 3 rings (SSSR count). The van der Waals surface area contributed by atoms with Gasteiger partial charge in [0, 0.05) is 26.2 Å². The van der Waals surface area contributed by atoms with Gasteiger partial charge in [0.1, 0.15) is 11.5 Å². The van der Waals surface area contributed by atoms with E-state index >= 15 is 0 Å². The Morgan fingerprint density at radius 2 is 1.48 bits per heavy atom. The predicted octanol–water partition coefficient (Wildman–Crippen LogP) is 2.52. The maximum Gasteiger partial charge on any atom is 0.281 e. The molecule has 0 saturated carbocycles. The van der Waals surface area contributed by atoms with Crippen molar-refractivity contribution >= 4 is 10.2 Å². The number of hydrogen-bond acceptors (Lipinski definition) is 4. The second-order valence-electron chi connectivity index (χ2n) is 6.80. The molecular weight excluding hydrogens is 340 g/mol. The zero-order valence-corrected chi connectivity index (χ0v) is 15.7. The summed E-state index contributed by atoms with van der Waals surface area (Å²) in [5.41, 5.74) is 0. The summed E-state index contributed by atoms with van der Waals surface area (Å²) in [6.07, 6.45) is 4.79. The normalized spacial score (nSPS) is 21.2. The number of piperidine rings is 2. The molecular formula is C18H28N2O4S. The van der Waals surface area contributed by atoms with Gasteiger partial charge in [-0.1, -0.05) is 6.42 Å². The average Bonchev–Trinajstić information content (AvgIpc) is 2.68. The number of methoxy groups -OCH3 is 1. The first kappa shape index (κ1) is 18.5. The van der Waals surface area contributed by atoms with Crippen LogP contribution >= 0.6 is 0 Å². The number of benzene rings is 1. The average molecular weight is 368 g/mol. The Morgan fingerprint density at radius 1 is 0.920 bits per heavy atom. The molecule has 0 bridgehead atoms. The van der Waals surface area contributed by atoms with E-state index in [0.717, 1.165) is 43.6 Å². The first-order valence-corrected chi connectivity index (χ1v) is 10.5. The van der Waals surface area contributed by atoms with Gasteiger partial charge in [0.2, 0.25) is 0 Å². The number of rotatable bonds is 6. The third-order valence-electron chi connectivity index (χ3n) is 5.09. The van der Waals surface area contributed by atoms with Crippen LogP contribution in [-0.2, 0) is 10.2 Å². The van der Waals surface area contributed by atoms with Crippen LogP contribution in [0.25, 0.3) is 0 Å². The van der Waals surface area contributed by atoms with Crippen LogP contribution in [0.5, 0.6) is 11.5 Å². The van der Waals surface area contributed by atoms with Gasteiger partial charge in [0.15, 0.2) is 0 Å². The van der Waals surface area contributed by atoms with Crippen LogP contribution in [0.3, 0.4) is 0 Å². The quantitative estimate of drug-likeness (QED) is 0.774. The Balaban J connectivity index is 1.46. The lowest BCUT2D eigenvalue weighted by molar-refractivity contribution is 0.178. The number of nitrogens with zero attached hydrogens (tertiary/aromatic N) is 2. The lowest BCUT2D eigenvalue weighted by atomic mass is 9.99. The highest BCUT2D eigenvalue weighted by Gasteiger charge is 2.33. The van der Waals surface area contributed by atoms with E-state index in [9.17, 15) is 8.42 Å². The number of hydrogen-bond donors (Lipinski definition) is 0. The fourth-order valence-electron chi connectivity index (χ4n) is 3.45. The Bertz CT molecular complexity index is 634. The van der Waals surface area contributed by atoms with Crippen molar-refractivity contribution in [1.29, 1.82) is 0 Å². The van der Waals surface area contributed by atoms with Crippen LogP contribution in [0, 0.1) is 5.92 Å². The summed E-state index contributed by atoms with van der Waals surface area (Å²) in [6.45, 7) is 3.15. The Kier molecular flexibility index (Phi) is 6.19. The predicted molar refractivity (Wildman–Crippen MR) is 97.1 cm³/mol. The van der Waals surface area contributed by atoms with E-state index in [1.165, 1.54) is 0 Å². The molecule has 6 nitrogen and oxygen atoms in total. The first-order valence-electron chi connectivity index (χ1n) is 9.11. The maximum atomic E-state index is 12.7. The summed E-state index contributed by atoms with van der Waals surface area (Å²) >= 11 is 0. The number of ether oxygens (including phenoxy) is 2. The van der Waals surface area contributed by atoms with Crippen molar-refractivity contribution in [2.75, 3.05) is 39.9 Å². The van der Waals surface area contributed by atoms with Crippen LogP contribution in [0.15, 0.2) is 24.3 Å². The van der Waals surface area contributed by atoms with Crippen molar-refractivity contribution in [1.82, 2.24) is 8.61 Å². The van der Waals surface area contributed by atoms with Gasteiger partial charge in [-0.25, -0.2) is 0 Å². The third kappa shape index (κ3) is 4.65. The van der Waals surface area contributed by atoms with Crippen LogP contribution in [0.1, 0.15) is 32.1 Å². The van der Waals surface area contributed by atoms with Gasteiger partial charge in [0.25, 0.3) is 10.2 Å². The Hall–Kier alpha value is -1.31. The highest BCUT2D eigenvalue weighted by Crippen LogP contribution is 2.25. The van der Waals surface area contributed by atoms with Crippen LogP contribution in [-0.4, -0.2) is 56.9 Å². The van der Waals surface area contributed by atoms with E-state index in [-0.39, 0.29) is 0 Å². The van der Waals surface area contributed by atoms with Gasteiger partial charge in [-0.15, -0.1) is 0 Å². The highest BCUT2D eigenvalue weighted by molar-refractivity contribution is 7.86. The van der Waals surface area contributed by atoms with Gasteiger partial charge < -0.3 is 9.47 Å². The molecule has 7 heteroatoms. The Labute approximate surface area is 150 Å². The molecule has 1 aromatic rings. The fraction of sp³-hybridized carbons (Fsp3) is 0.667. The van der Waals surface area contributed by atoms with Crippen molar-refractivity contribution in [3.8, 4) is 11.5 Å². The van der Waals surface area contributed by atoms with E-state index in [4.69, 9.17) is 9.47 Å². The van der Waals surface area contributed by atoms with E-state index in [1.54, 1.807) is 15.7 Å². The molecule has 2 aliphatic rings. The molecule has 2 aliphatic heterocycles. The fourth-order valence-corrected chi connectivity index (χ4v) is 5.17. The van der Waals surface area contributed by atoms with E-state index in [0.29, 0.717) is 38.7 Å². The zero-order chi connectivity index (χ0) is 17.7. The van der Waals surface area contributed by atoms with Crippen molar-refractivity contribution < 1.29 is 17.9 Å². The zero-order valence-electron chi connectivity index (χ0n) is 14.9. The van der Waals surface area contributed by atoms with Crippen molar-refractivity contribution in [2.24, 2.45) is 5.92 Å². The molecule has 2 fully saturated rings. The lowest BCUT2D eigenvalue weighted by Gasteiger charge is -2.36. The van der Waals surface area contributed by atoms with Gasteiger partial charge in [-0.05, 0) is 55.9 Å². The second-order valence-corrected chi connectivity index (χ2v) is 8.72. The smallest absolute Gasteiger partial charge is 0.281 e. The molecule has 0 aliphatic carbocycles. The molecule has 0 atom stereocenters.